The van der Waals surface area contributed by atoms with Crippen molar-refractivity contribution in [2.24, 2.45) is 0 Å². The van der Waals surface area contributed by atoms with E-state index >= 15 is 0 Å². The highest BCUT2D eigenvalue weighted by Gasteiger charge is 2.45. The number of hydrogen-bond acceptors (Lipinski definition) is 2. The molecule has 0 saturated carbocycles. The molecular weight excluding hydrogens is 272 g/mol. The fourth-order valence-corrected chi connectivity index (χ4v) is 3.86. The maximum absolute atomic E-state index is 6.26. The molecule has 0 N–H and O–H groups in total. The maximum Gasteiger partial charge on any atom is 0.148 e. The first-order valence-corrected chi connectivity index (χ1v) is 9.94. The van der Waals surface area contributed by atoms with Crippen LogP contribution in [0.15, 0.2) is 0 Å². The summed E-state index contributed by atoms with van der Waals surface area (Å²) < 4.78 is 12.5. The Morgan fingerprint density at radius 3 is 1.18 bits per heavy atom. The minimum atomic E-state index is 0.0890. The standard InChI is InChI=1S/C20H40O2/c1-5-9-13-19(14-10-6-2)17-20(15-11-7-3,16-12-8-4)22-18-21-19/h5-18H2,1-4H3. The second kappa shape index (κ2) is 10.6. The van der Waals surface area contributed by atoms with Crippen molar-refractivity contribution in [2.75, 3.05) is 6.79 Å². The molecular formula is C20H40O2. The van der Waals surface area contributed by atoms with Gasteiger partial charge in [0.05, 0.1) is 11.2 Å². The zero-order chi connectivity index (χ0) is 16.3. The van der Waals surface area contributed by atoms with Gasteiger partial charge in [0.1, 0.15) is 6.79 Å². The van der Waals surface area contributed by atoms with Gasteiger partial charge in [-0.05, 0) is 25.7 Å². The molecule has 1 aliphatic heterocycles. The molecule has 0 aromatic heterocycles. The summed E-state index contributed by atoms with van der Waals surface area (Å²) in [4.78, 5) is 0. The second-order valence-electron chi connectivity index (χ2n) is 7.36. The summed E-state index contributed by atoms with van der Waals surface area (Å²) in [5.74, 6) is 0. The Morgan fingerprint density at radius 1 is 0.591 bits per heavy atom. The van der Waals surface area contributed by atoms with Gasteiger partial charge >= 0.3 is 0 Å². The first-order chi connectivity index (χ1) is 10.7. The summed E-state index contributed by atoms with van der Waals surface area (Å²) in [6.45, 7) is 9.66. The lowest BCUT2D eigenvalue weighted by Gasteiger charge is -2.48. The maximum atomic E-state index is 6.26. The fraction of sp³-hybridized carbons (Fsp3) is 1.00. The van der Waals surface area contributed by atoms with Crippen LogP contribution in [0.5, 0.6) is 0 Å². The molecule has 0 radical (unpaired) electrons. The number of ether oxygens (including phenoxy) is 2. The van der Waals surface area contributed by atoms with E-state index in [9.17, 15) is 0 Å². The van der Waals surface area contributed by atoms with Crippen molar-refractivity contribution in [3.63, 3.8) is 0 Å². The Balaban J connectivity index is 2.82. The average molecular weight is 313 g/mol. The summed E-state index contributed by atoms with van der Waals surface area (Å²) in [5, 5.41) is 0. The third-order valence-electron chi connectivity index (χ3n) is 5.32. The van der Waals surface area contributed by atoms with Crippen molar-refractivity contribution >= 4 is 0 Å². The SMILES string of the molecule is CCCCC1(CCCC)CC(CCCC)(CCCC)OCO1. The number of rotatable bonds is 12. The molecule has 1 fully saturated rings. The summed E-state index contributed by atoms with van der Waals surface area (Å²) >= 11 is 0. The monoisotopic (exact) mass is 312 g/mol. The van der Waals surface area contributed by atoms with E-state index < -0.39 is 0 Å². The van der Waals surface area contributed by atoms with Gasteiger partial charge in [-0.1, -0.05) is 79.1 Å². The quantitative estimate of drug-likeness (QED) is 0.403. The molecule has 22 heavy (non-hydrogen) atoms. The molecule has 1 aliphatic rings. The molecule has 0 atom stereocenters. The molecule has 1 heterocycles. The second-order valence-corrected chi connectivity index (χ2v) is 7.36. The van der Waals surface area contributed by atoms with Gasteiger partial charge in [0.15, 0.2) is 0 Å². The van der Waals surface area contributed by atoms with E-state index in [1.165, 1.54) is 77.0 Å². The van der Waals surface area contributed by atoms with Gasteiger partial charge in [-0.15, -0.1) is 0 Å². The zero-order valence-electron chi connectivity index (χ0n) is 15.7. The van der Waals surface area contributed by atoms with Gasteiger partial charge in [0, 0.05) is 6.42 Å². The lowest BCUT2D eigenvalue weighted by atomic mass is 9.75. The summed E-state index contributed by atoms with van der Waals surface area (Å²) in [7, 11) is 0. The van der Waals surface area contributed by atoms with Crippen LogP contribution in [0.1, 0.15) is 111 Å². The van der Waals surface area contributed by atoms with Crippen molar-refractivity contribution in [3.05, 3.63) is 0 Å². The van der Waals surface area contributed by atoms with Crippen LogP contribution in [0, 0.1) is 0 Å². The largest absolute Gasteiger partial charge is 0.349 e. The fourth-order valence-electron chi connectivity index (χ4n) is 3.86. The Bertz CT molecular complexity index is 233. The summed E-state index contributed by atoms with van der Waals surface area (Å²) in [6.07, 6.45) is 16.1. The van der Waals surface area contributed by atoms with E-state index in [0.717, 1.165) is 6.42 Å². The molecule has 0 aromatic rings. The van der Waals surface area contributed by atoms with Crippen LogP contribution >= 0.6 is 0 Å². The van der Waals surface area contributed by atoms with Crippen molar-refractivity contribution in [2.45, 2.75) is 122 Å². The smallest absolute Gasteiger partial charge is 0.148 e. The van der Waals surface area contributed by atoms with Gasteiger partial charge in [-0.3, -0.25) is 0 Å². The van der Waals surface area contributed by atoms with Crippen LogP contribution in [-0.2, 0) is 9.47 Å². The van der Waals surface area contributed by atoms with Gasteiger partial charge in [0.25, 0.3) is 0 Å². The van der Waals surface area contributed by atoms with Crippen LogP contribution in [0.4, 0.5) is 0 Å². The molecule has 1 saturated heterocycles. The van der Waals surface area contributed by atoms with E-state index in [1.54, 1.807) is 0 Å². The highest BCUT2D eigenvalue weighted by molar-refractivity contribution is 4.95. The molecule has 1 rings (SSSR count). The third kappa shape index (κ3) is 6.20. The van der Waals surface area contributed by atoms with E-state index in [1.807, 2.05) is 0 Å². The normalized spacial score (nSPS) is 20.2. The highest BCUT2D eigenvalue weighted by atomic mass is 16.7. The number of unbranched alkanes of at least 4 members (excludes halogenated alkanes) is 4. The Kier molecular flexibility index (Phi) is 9.66. The molecule has 0 amide bonds. The third-order valence-corrected chi connectivity index (χ3v) is 5.32. The van der Waals surface area contributed by atoms with E-state index in [-0.39, 0.29) is 11.2 Å². The topological polar surface area (TPSA) is 18.5 Å². The van der Waals surface area contributed by atoms with E-state index in [0.29, 0.717) is 6.79 Å². The summed E-state index contributed by atoms with van der Waals surface area (Å²) in [5.41, 5.74) is 0.178. The molecule has 132 valence electrons. The highest BCUT2D eigenvalue weighted by Crippen LogP contribution is 2.44. The van der Waals surface area contributed by atoms with Crippen LogP contribution < -0.4 is 0 Å². The molecule has 0 aliphatic carbocycles. The Morgan fingerprint density at radius 2 is 0.909 bits per heavy atom. The molecule has 2 nitrogen and oxygen atoms in total. The average Bonchev–Trinajstić information content (AvgIpc) is 2.55. The lowest BCUT2D eigenvalue weighted by Crippen LogP contribution is -2.50. The minimum Gasteiger partial charge on any atom is -0.349 e. The van der Waals surface area contributed by atoms with Gasteiger partial charge in [-0.25, -0.2) is 0 Å². The van der Waals surface area contributed by atoms with Crippen LogP contribution in [0.2, 0.25) is 0 Å². The Labute approximate surface area is 139 Å². The van der Waals surface area contributed by atoms with Crippen molar-refractivity contribution in [1.82, 2.24) is 0 Å². The predicted molar refractivity (Wildman–Crippen MR) is 95.2 cm³/mol. The zero-order valence-corrected chi connectivity index (χ0v) is 15.7. The molecule has 0 aromatic carbocycles. The molecule has 0 bridgehead atoms. The van der Waals surface area contributed by atoms with E-state index in [4.69, 9.17) is 9.47 Å². The lowest BCUT2D eigenvalue weighted by molar-refractivity contribution is -0.272. The van der Waals surface area contributed by atoms with Crippen molar-refractivity contribution in [3.8, 4) is 0 Å². The van der Waals surface area contributed by atoms with Crippen molar-refractivity contribution in [1.29, 1.82) is 0 Å². The minimum absolute atomic E-state index is 0.0890. The van der Waals surface area contributed by atoms with E-state index in [2.05, 4.69) is 27.7 Å². The summed E-state index contributed by atoms with van der Waals surface area (Å²) in [6, 6.07) is 0. The van der Waals surface area contributed by atoms with Crippen LogP contribution in [0.3, 0.4) is 0 Å². The first-order valence-electron chi connectivity index (χ1n) is 9.94. The molecule has 0 unspecified atom stereocenters. The number of hydrogen-bond donors (Lipinski definition) is 0. The van der Waals surface area contributed by atoms with Crippen molar-refractivity contribution < 1.29 is 9.47 Å². The first kappa shape index (κ1) is 20.0. The predicted octanol–water partition coefficient (Wildman–Crippen LogP) is 6.62. The molecule has 2 heteroatoms. The Hall–Kier alpha value is -0.0800. The van der Waals surface area contributed by atoms with Crippen LogP contribution in [-0.4, -0.2) is 18.0 Å². The van der Waals surface area contributed by atoms with Gasteiger partial charge in [0.2, 0.25) is 0 Å². The van der Waals surface area contributed by atoms with Gasteiger partial charge in [-0.2, -0.15) is 0 Å². The van der Waals surface area contributed by atoms with Gasteiger partial charge < -0.3 is 9.47 Å². The molecule has 0 spiro atoms. The van der Waals surface area contributed by atoms with Crippen LogP contribution in [0.25, 0.3) is 0 Å².